The molecular formula is C18H20N4O2. The molecule has 124 valence electrons. The van der Waals surface area contributed by atoms with Gasteiger partial charge in [0.05, 0.1) is 20.2 Å². The number of nitrogens with zero attached hydrogens (tertiary/aromatic N) is 2. The van der Waals surface area contributed by atoms with Gasteiger partial charge in [-0.3, -0.25) is 4.98 Å². The van der Waals surface area contributed by atoms with Crippen LogP contribution in [0.1, 0.15) is 11.4 Å². The average molecular weight is 324 g/mol. The molecule has 0 unspecified atom stereocenters. The number of ether oxygens (including phenoxy) is 1. The zero-order valence-corrected chi connectivity index (χ0v) is 13.5. The fourth-order valence-electron chi connectivity index (χ4n) is 2.43. The summed E-state index contributed by atoms with van der Waals surface area (Å²) in [5.74, 6) is 1.39. The van der Waals surface area contributed by atoms with E-state index in [1.54, 1.807) is 7.11 Å². The molecule has 0 fully saturated rings. The number of hydrogen-bond donors (Lipinski definition) is 2. The van der Waals surface area contributed by atoms with Crippen molar-refractivity contribution in [2.24, 2.45) is 0 Å². The predicted molar refractivity (Wildman–Crippen MR) is 93.3 cm³/mol. The summed E-state index contributed by atoms with van der Waals surface area (Å²) in [5, 5.41) is 7.56. The first-order valence-corrected chi connectivity index (χ1v) is 7.82. The van der Waals surface area contributed by atoms with E-state index in [0.29, 0.717) is 18.9 Å². The molecule has 2 aromatic carbocycles. The maximum atomic E-state index is 12.0. The van der Waals surface area contributed by atoms with E-state index in [9.17, 15) is 4.79 Å². The Kier molecular flexibility index (Phi) is 4.96. The van der Waals surface area contributed by atoms with Gasteiger partial charge in [0.15, 0.2) is 0 Å². The van der Waals surface area contributed by atoms with Crippen molar-refractivity contribution in [3.05, 3.63) is 76.5 Å². The van der Waals surface area contributed by atoms with Gasteiger partial charge >= 0.3 is 5.69 Å². The van der Waals surface area contributed by atoms with Crippen LogP contribution in [-0.4, -0.2) is 21.9 Å². The van der Waals surface area contributed by atoms with Gasteiger partial charge in [0.2, 0.25) is 0 Å². The minimum atomic E-state index is -0.187. The molecule has 6 nitrogen and oxygen atoms in total. The average Bonchev–Trinajstić information content (AvgIpc) is 2.99. The quantitative estimate of drug-likeness (QED) is 0.700. The van der Waals surface area contributed by atoms with Gasteiger partial charge in [-0.15, -0.1) is 0 Å². The van der Waals surface area contributed by atoms with Gasteiger partial charge < -0.3 is 10.1 Å². The van der Waals surface area contributed by atoms with E-state index >= 15 is 0 Å². The van der Waals surface area contributed by atoms with Gasteiger partial charge in [-0.05, 0) is 24.1 Å². The number of hydrogen-bond acceptors (Lipinski definition) is 4. The lowest BCUT2D eigenvalue weighted by Crippen LogP contribution is -2.19. The Bertz CT molecular complexity index is 839. The summed E-state index contributed by atoms with van der Waals surface area (Å²) in [4.78, 5) is 14.8. The Labute approximate surface area is 140 Å². The minimum Gasteiger partial charge on any atom is -0.497 e. The molecule has 0 aliphatic heterocycles. The Hall–Kier alpha value is -3.02. The Morgan fingerprint density at radius 2 is 2.00 bits per heavy atom. The summed E-state index contributed by atoms with van der Waals surface area (Å²) in [7, 11) is 1.63. The Balaban J connectivity index is 1.60. The number of aryl methyl sites for hydroxylation is 2. The van der Waals surface area contributed by atoms with Gasteiger partial charge in [-0.25, -0.2) is 9.48 Å². The Morgan fingerprint density at radius 3 is 2.79 bits per heavy atom. The van der Waals surface area contributed by atoms with Crippen molar-refractivity contribution < 1.29 is 4.74 Å². The first-order chi connectivity index (χ1) is 11.7. The fourth-order valence-corrected chi connectivity index (χ4v) is 2.43. The molecule has 0 saturated heterocycles. The van der Waals surface area contributed by atoms with Crippen molar-refractivity contribution in [2.75, 3.05) is 12.4 Å². The number of aromatic amines is 1. The largest absolute Gasteiger partial charge is 0.497 e. The third-order valence-electron chi connectivity index (χ3n) is 3.71. The van der Waals surface area contributed by atoms with Crippen molar-refractivity contribution >= 4 is 5.69 Å². The summed E-state index contributed by atoms with van der Waals surface area (Å²) in [6.07, 6.45) is 0.772. The normalized spacial score (nSPS) is 10.5. The zero-order chi connectivity index (χ0) is 16.8. The van der Waals surface area contributed by atoms with Crippen LogP contribution in [-0.2, 0) is 19.5 Å². The van der Waals surface area contributed by atoms with Gasteiger partial charge in [0.1, 0.15) is 11.6 Å². The molecule has 1 heterocycles. The molecule has 1 aromatic heterocycles. The first-order valence-electron chi connectivity index (χ1n) is 7.82. The summed E-state index contributed by atoms with van der Waals surface area (Å²) < 4.78 is 6.65. The van der Waals surface area contributed by atoms with E-state index in [-0.39, 0.29) is 5.69 Å². The second kappa shape index (κ2) is 7.50. The van der Waals surface area contributed by atoms with E-state index in [4.69, 9.17) is 4.74 Å². The van der Waals surface area contributed by atoms with Crippen LogP contribution in [0.5, 0.6) is 5.75 Å². The molecule has 0 saturated carbocycles. The van der Waals surface area contributed by atoms with Gasteiger partial charge in [-0.1, -0.05) is 36.4 Å². The molecule has 0 radical (unpaired) electrons. The summed E-state index contributed by atoms with van der Waals surface area (Å²) >= 11 is 0. The van der Waals surface area contributed by atoms with E-state index in [0.717, 1.165) is 17.9 Å². The number of benzene rings is 2. The highest BCUT2D eigenvalue weighted by molar-refractivity contribution is 5.48. The highest BCUT2D eigenvalue weighted by Gasteiger charge is 2.05. The van der Waals surface area contributed by atoms with E-state index in [1.165, 1.54) is 10.2 Å². The third-order valence-corrected chi connectivity index (χ3v) is 3.71. The van der Waals surface area contributed by atoms with Crippen LogP contribution in [0.4, 0.5) is 5.69 Å². The SMILES string of the molecule is COc1cccc(NCc2nn(CCc3ccccc3)c(=O)[nH]2)c1. The lowest BCUT2D eigenvalue weighted by Gasteiger charge is -2.06. The number of anilines is 1. The molecular weight excluding hydrogens is 304 g/mol. The summed E-state index contributed by atoms with van der Waals surface area (Å²) in [5.41, 5.74) is 1.91. The van der Waals surface area contributed by atoms with Gasteiger partial charge in [0, 0.05) is 11.8 Å². The smallest absolute Gasteiger partial charge is 0.343 e. The molecule has 0 aliphatic carbocycles. The molecule has 0 bridgehead atoms. The second-order valence-corrected chi connectivity index (χ2v) is 5.42. The first kappa shape index (κ1) is 15.9. The molecule has 3 aromatic rings. The van der Waals surface area contributed by atoms with E-state index in [2.05, 4.69) is 15.4 Å². The maximum absolute atomic E-state index is 12.0. The van der Waals surface area contributed by atoms with Crippen molar-refractivity contribution in [1.29, 1.82) is 0 Å². The number of methoxy groups -OCH3 is 1. The zero-order valence-electron chi connectivity index (χ0n) is 13.5. The number of H-pyrrole nitrogens is 1. The molecule has 2 N–H and O–H groups in total. The van der Waals surface area contributed by atoms with Crippen LogP contribution in [0.3, 0.4) is 0 Å². The molecule has 0 spiro atoms. The molecule has 24 heavy (non-hydrogen) atoms. The van der Waals surface area contributed by atoms with E-state index < -0.39 is 0 Å². The van der Waals surface area contributed by atoms with E-state index in [1.807, 2.05) is 54.6 Å². The standard InChI is InChI=1S/C18H20N4O2/c1-24-16-9-5-8-15(12-16)19-13-17-20-18(23)22(21-17)11-10-14-6-3-2-4-7-14/h2-9,12,19H,10-11,13H2,1H3,(H,20,21,23). The summed E-state index contributed by atoms with van der Waals surface area (Å²) in [6, 6.07) is 17.7. The molecule has 3 rings (SSSR count). The second-order valence-electron chi connectivity index (χ2n) is 5.42. The summed E-state index contributed by atoms with van der Waals surface area (Å²) in [6.45, 7) is 0.999. The minimum absolute atomic E-state index is 0.187. The lowest BCUT2D eigenvalue weighted by molar-refractivity contribution is 0.415. The molecule has 0 atom stereocenters. The van der Waals surface area contributed by atoms with Crippen LogP contribution >= 0.6 is 0 Å². The topological polar surface area (TPSA) is 71.9 Å². The van der Waals surface area contributed by atoms with Crippen LogP contribution in [0, 0.1) is 0 Å². The third kappa shape index (κ3) is 4.04. The van der Waals surface area contributed by atoms with Crippen LogP contribution in [0.15, 0.2) is 59.4 Å². The number of nitrogens with one attached hydrogen (secondary N) is 2. The predicted octanol–water partition coefficient (Wildman–Crippen LogP) is 2.43. The Morgan fingerprint density at radius 1 is 1.17 bits per heavy atom. The molecule has 0 amide bonds. The fraction of sp³-hybridized carbons (Fsp3) is 0.222. The van der Waals surface area contributed by atoms with Crippen molar-refractivity contribution in [3.8, 4) is 5.75 Å². The van der Waals surface area contributed by atoms with Crippen LogP contribution in [0.2, 0.25) is 0 Å². The lowest BCUT2D eigenvalue weighted by atomic mass is 10.2. The number of rotatable bonds is 7. The van der Waals surface area contributed by atoms with Crippen molar-refractivity contribution in [3.63, 3.8) is 0 Å². The monoisotopic (exact) mass is 324 g/mol. The van der Waals surface area contributed by atoms with Crippen LogP contribution < -0.4 is 15.7 Å². The van der Waals surface area contributed by atoms with Crippen LogP contribution in [0.25, 0.3) is 0 Å². The molecule has 6 heteroatoms. The van der Waals surface area contributed by atoms with Gasteiger partial charge in [0.25, 0.3) is 0 Å². The maximum Gasteiger partial charge on any atom is 0.343 e. The van der Waals surface area contributed by atoms with Gasteiger partial charge in [-0.2, -0.15) is 5.10 Å². The molecule has 0 aliphatic rings. The van der Waals surface area contributed by atoms with Crippen molar-refractivity contribution in [1.82, 2.24) is 14.8 Å². The van der Waals surface area contributed by atoms with Crippen molar-refractivity contribution in [2.45, 2.75) is 19.5 Å². The highest BCUT2D eigenvalue weighted by atomic mass is 16.5. The number of aromatic nitrogens is 3. The highest BCUT2D eigenvalue weighted by Crippen LogP contribution is 2.16.